The summed E-state index contributed by atoms with van der Waals surface area (Å²) in [7, 11) is 0. The standard InChI is InChI=1S/C16H17NO5/c1-16(15(19)20)6-7-17(9-16)14(18)5-3-11-2-4-12-13(8-11)22-10-21-12/h2-5,8H,6-7,9-10H2,1H3,(H,19,20)/b5-3+. The van der Waals surface area contributed by atoms with Crippen LogP contribution in [-0.2, 0) is 9.59 Å². The van der Waals surface area contributed by atoms with Gasteiger partial charge in [0.05, 0.1) is 5.41 Å². The van der Waals surface area contributed by atoms with Gasteiger partial charge in [-0.3, -0.25) is 9.59 Å². The van der Waals surface area contributed by atoms with Crippen molar-refractivity contribution in [2.75, 3.05) is 19.9 Å². The molecule has 2 aliphatic rings. The van der Waals surface area contributed by atoms with Gasteiger partial charge in [-0.1, -0.05) is 6.07 Å². The molecule has 1 amide bonds. The van der Waals surface area contributed by atoms with Crippen LogP contribution in [0.15, 0.2) is 24.3 Å². The van der Waals surface area contributed by atoms with Crippen molar-refractivity contribution in [3.63, 3.8) is 0 Å². The highest BCUT2D eigenvalue weighted by atomic mass is 16.7. The van der Waals surface area contributed by atoms with Crippen LogP contribution in [0, 0.1) is 5.41 Å². The van der Waals surface area contributed by atoms with Crippen molar-refractivity contribution in [1.29, 1.82) is 0 Å². The lowest BCUT2D eigenvalue weighted by molar-refractivity contribution is -0.147. The highest BCUT2D eigenvalue weighted by molar-refractivity contribution is 5.92. The summed E-state index contributed by atoms with van der Waals surface area (Å²) >= 11 is 0. The molecule has 0 spiro atoms. The molecule has 1 aromatic carbocycles. The number of nitrogens with zero attached hydrogens (tertiary/aromatic N) is 1. The molecule has 1 unspecified atom stereocenters. The summed E-state index contributed by atoms with van der Waals surface area (Å²) in [5, 5.41) is 9.19. The van der Waals surface area contributed by atoms with E-state index in [2.05, 4.69) is 0 Å². The van der Waals surface area contributed by atoms with E-state index in [9.17, 15) is 14.7 Å². The van der Waals surface area contributed by atoms with Crippen LogP contribution < -0.4 is 9.47 Å². The summed E-state index contributed by atoms with van der Waals surface area (Å²) in [5.74, 6) is 0.319. The molecule has 0 radical (unpaired) electrons. The first-order valence-corrected chi connectivity index (χ1v) is 7.08. The highest BCUT2D eigenvalue weighted by Crippen LogP contribution is 2.33. The number of ether oxygens (including phenoxy) is 2. The fraction of sp³-hybridized carbons (Fsp3) is 0.375. The summed E-state index contributed by atoms with van der Waals surface area (Å²) in [4.78, 5) is 24.9. The third-order valence-corrected chi connectivity index (χ3v) is 4.12. The van der Waals surface area contributed by atoms with Gasteiger partial charge < -0.3 is 19.5 Å². The minimum atomic E-state index is -0.859. The molecule has 6 nitrogen and oxygen atoms in total. The van der Waals surface area contributed by atoms with Gasteiger partial charge in [-0.25, -0.2) is 0 Å². The second-order valence-corrected chi connectivity index (χ2v) is 5.82. The van der Waals surface area contributed by atoms with E-state index in [1.807, 2.05) is 6.07 Å². The number of carboxylic acid groups (broad SMARTS) is 1. The predicted molar refractivity (Wildman–Crippen MR) is 78.5 cm³/mol. The van der Waals surface area contributed by atoms with E-state index in [1.54, 1.807) is 30.0 Å². The number of carboxylic acids is 1. The van der Waals surface area contributed by atoms with E-state index in [0.29, 0.717) is 24.5 Å². The monoisotopic (exact) mass is 303 g/mol. The Morgan fingerprint density at radius 2 is 2.09 bits per heavy atom. The topological polar surface area (TPSA) is 76.1 Å². The Labute approximate surface area is 127 Å². The maximum atomic E-state index is 12.2. The quantitative estimate of drug-likeness (QED) is 0.861. The van der Waals surface area contributed by atoms with Crippen molar-refractivity contribution in [2.24, 2.45) is 5.41 Å². The number of benzene rings is 1. The summed E-state index contributed by atoms with van der Waals surface area (Å²) in [6.07, 6.45) is 3.64. The van der Waals surface area contributed by atoms with Crippen LogP contribution in [0.1, 0.15) is 18.9 Å². The average Bonchev–Trinajstić information content (AvgIpc) is 3.11. The summed E-state index contributed by atoms with van der Waals surface area (Å²) in [6, 6.07) is 5.43. The van der Waals surface area contributed by atoms with E-state index in [0.717, 1.165) is 5.56 Å². The van der Waals surface area contributed by atoms with Gasteiger partial charge in [-0.2, -0.15) is 0 Å². The van der Waals surface area contributed by atoms with E-state index < -0.39 is 11.4 Å². The number of hydrogen-bond donors (Lipinski definition) is 1. The molecule has 1 atom stereocenters. The molecule has 3 rings (SSSR count). The van der Waals surface area contributed by atoms with Gasteiger partial charge in [-0.05, 0) is 37.1 Å². The van der Waals surface area contributed by atoms with Crippen LogP contribution in [0.3, 0.4) is 0 Å². The van der Waals surface area contributed by atoms with Gasteiger partial charge >= 0.3 is 5.97 Å². The van der Waals surface area contributed by atoms with Crippen molar-refractivity contribution in [3.05, 3.63) is 29.8 Å². The largest absolute Gasteiger partial charge is 0.481 e. The SMILES string of the molecule is CC1(C(=O)O)CCN(C(=O)/C=C/c2ccc3c(c2)OCO3)C1. The highest BCUT2D eigenvalue weighted by Gasteiger charge is 2.41. The molecule has 1 fully saturated rings. The molecule has 1 aromatic rings. The van der Waals surface area contributed by atoms with Gasteiger partial charge in [-0.15, -0.1) is 0 Å². The zero-order chi connectivity index (χ0) is 15.7. The molecule has 1 saturated heterocycles. The third kappa shape index (κ3) is 2.64. The molecule has 0 saturated carbocycles. The number of fused-ring (bicyclic) bond motifs is 1. The van der Waals surface area contributed by atoms with Crippen molar-refractivity contribution in [1.82, 2.24) is 4.90 Å². The van der Waals surface area contributed by atoms with Crippen molar-refractivity contribution < 1.29 is 24.2 Å². The van der Waals surface area contributed by atoms with E-state index in [1.165, 1.54) is 6.08 Å². The fourth-order valence-electron chi connectivity index (χ4n) is 2.61. The molecule has 2 heterocycles. The van der Waals surface area contributed by atoms with E-state index >= 15 is 0 Å². The number of carbonyl (C=O) groups excluding carboxylic acids is 1. The van der Waals surface area contributed by atoms with Crippen LogP contribution in [0.5, 0.6) is 11.5 Å². The summed E-state index contributed by atoms with van der Waals surface area (Å²) < 4.78 is 10.5. The molecule has 1 N–H and O–H groups in total. The molecule has 0 bridgehead atoms. The minimum absolute atomic E-state index is 0.178. The number of aliphatic carboxylic acids is 1. The van der Waals surface area contributed by atoms with Gasteiger partial charge in [0, 0.05) is 19.2 Å². The lowest BCUT2D eigenvalue weighted by atomic mass is 9.90. The second-order valence-electron chi connectivity index (χ2n) is 5.82. The third-order valence-electron chi connectivity index (χ3n) is 4.12. The van der Waals surface area contributed by atoms with Crippen LogP contribution >= 0.6 is 0 Å². The van der Waals surface area contributed by atoms with Gasteiger partial charge in [0.2, 0.25) is 12.7 Å². The Balaban J connectivity index is 1.66. The Bertz CT molecular complexity index is 654. The normalized spacial score (nSPS) is 23.2. The van der Waals surface area contributed by atoms with E-state index in [-0.39, 0.29) is 19.2 Å². The molecule has 22 heavy (non-hydrogen) atoms. The maximum Gasteiger partial charge on any atom is 0.311 e. The van der Waals surface area contributed by atoms with Crippen LogP contribution in [0.4, 0.5) is 0 Å². The molecular weight excluding hydrogens is 286 g/mol. The lowest BCUT2D eigenvalue weighted by Crippen LogP contribution is -2.34. The average molecular weight is 303 g/mol. The number of hydrogen-bond acceptors (Lipinski definition) is 4. The minimum Gasteiger partial charge on any atom is -0.481 e. The predicted octanol–water partition coefficient (Wildman–Crippen LogP) is 1.75. The van der Waals surface area contributed by atoms with E-state index in [4.69, 9.17) is 9.47 Å². The summed E-state index contributed by atoms with van der Waals surface area (Å²) in [5.41, 5.74) is -0.0137. The molecule has 6 heteroatoms. The fourth-order valence-corrected chi connectivity index (χ4v) is 2.61. The first-order chi connectivity index (χ1) is 10.5. The Morgan fingerprint density at radius 1 is 1.32 bits per heavy atom. The Hall–Kier alpha value is -2.50. The summed E-state index contributed by atoms with van der Waals surface area (Å²) in [6.45, 7) is 2.59. The Morgan fingerprint density at radius 3 is 2.82 bits per heavy atom. The number of likely N-dealkylation sites (tertiary alicyclic amines) is 1. The smallest absolute Gasteiger partial charge is 0.311 e. The van der Waals surface area contributed by atoms with Crippen molar-refractivity contribution in [2.45, 2.75) is 13.3 Å². The molecular formula is C16H17NO5. The number of carbonyl (C=O) groups is 2. The van der Waals surface area contributed by atoms with Crippen LogP contribution in [0.25, 0.3) is 6.08 Å². The molecule has 0 aromatic heterocycles. The van der Waals surface area contributed by atoms with Gasteiger partial charge in [0.15, 0.2) is 11.5 Å². The van der Waals surface area contributed by atoms with Crippen LogP contribution in [-0.4, -0.2) is 41.8 Å². The van der Waals surface area contributed by atoms with Gasteiger partial charge in [0.1, 0.15) is 0 Å². The number of amides is 1. The van der Waals surface area contributed by atoms with Gasteiger partial charge in [0.25, 0.3) is 0 Å². The Kier molecular flexibility index (Phi) is 3.52. The first-order valence-electron chi connectivity index (χ1n) is 7.08. The lowest BCUT2D eigenvalue weighted by Gasteiger charge is -2.18. The van der Waals surface area contributed by atoms with Crippen molar-refractivity contribution in [3.8, 4) is 11.5 Å². The second kappa shape index (κ2) is 5.36. The van der Waals surface area contributed by atoms with Crippen molar-refractivity contribution >= 4 is 18.0 Å². The zero-order valence-electron chi connectivity index (χ0n) is 12.2. The molecule has 2 aliphatic heterocycles. The number of rotatable bonds is 3. The maximum absolute atomic E-state index is 12.2. The van der Waals surface area contributed by atoms with Crippen LogP contribution in [0.2, 0.25) is 0 Å². The molecule has 0 aliphatic carbocycles. The molecule has 116 valence electrons. The zero-order valence-corrected chi connectivity index (χ0v) is 12.2. The first kappa shape index (κ1) is 14.4.